The Morgan fingerprint density at radius 2 is 2.15 bits per heavy atom. The fourth-order valence-electron chi connectivity index (χ4n) is 1.66. The van der Waals surface area contributed by atoms with E-state index < -0.39 is 17.3 Å². The van der Waals surface area contributed by atoms with Crippen LogP contribution in [-0.4, -0.2) is 4.98 Å². The Kier molecular flexibility index (Phi) is 3.95. The molecular weight excluding hydrogens is 287 g/mol. The van der Waals surface area contributed by atoms with E-state index in [2.05, 4.69) is 10.3 Å². The summed E-state index contributed by atoms with van der Waals surface area (Å²) < 4.78 is 37.9. The van der Waals surface area contributed by atoms with E-state index in [1.165, 1.54) is 23.5 Å². The average Bonchev–Trinajstić information content (AvgIpc) is 2.80. The first kappa shape index (κ1) is 14.3. The minimum atomic E-state index is -4.52. The molecule has 0 saturated carbocycles. The third-order valence-electron chi connectivity index (χ3n) is 2.56. The Bertz CT molecular complexity index is 656. The minimum absolute atomic E-state index is 0.391. The third-order valence-corrected chi connectivity index (χ3v) is 3.52. The molecule has 1 aromatic carbocycles. The van der Waals surface area contributed by atoms with E-state index >= 15 is 0 Å². The Labute approximate surface area is 117 Å². The van der Waals surface area contributed by atoms with Crippen molar-refractivity contribution in [3.05, 3.63) is 45.4 Å². The van der Waals surface area contributed by atoms with Crippen LogP contribution in [0.5, 0.6) is 0 Å². The molecule has 1 aromatic heterocycles. The van der Waals surface area contributed by atoms with Gasteiger partial charge in [0.25, 0.3) is 0 Å². The van der Waals surface area contributed by atoms with Crippen LogP contribution in [0.1, 0.15) is 21.8 Å². The van der Waals surface area contributed by atoms with Gasteiger partial charge in [-0.3, -0.25) is 0 Å². The van der Waals surface area contributed by atoms with Gasteiger partial charge in [-0.05, 0) is 25.1 Å². The number of alkyl halides is 3. The number of nitrogens with one attached hydrogen (secondary N) is 1. The van der Waals surface area contributed by atoms with E-state index in [0.717, 1.165) is 16.8 Å². The largest absolute Gasteiger partial charge is 0.417 e. The van der Waals surface area contributed by atoms with Gasteiger partial charge in [-0.25, -0.2) is 4.98 Å². The summed E-state index contributed by atoms with van der Waals surface area (Å²) in [6.07, 6.45) is -4.52. The zero-order valence-electron chi connectivity index (χ0n) is 10.5. The second kappa shape index (κ2) is 5.51. The lowest BCUT2D eigenvalue weighted by molar-refractivity contribution is -0.137. The number of halogens is 3. The molecule has 0 atom stereocenters. The molecule has 3 nitrogen and oxygen atoms in total. The number of aryl methyl sites for hydroxylation is 1. The summed E-state index contributed by atoms with van der Waals surface area (Å²) in [5, 5.41) is 14.5. The van der Waals surface area contributed by atoms with Crippen molar-refractivity contribution < 1.29 is 13.2 Å². The van der Waals surface area contributed by atoms with Gasteiger partial charge in [-0.15, -0.1) is 11.3 Å². The van der Waals surface area contributed by atoms with Gasteiger partial charge in [0.2, 0.25) is 0 Å². The molecule has 1 N–H and O–H groups in total. The van der Waals surface area contributed by atoms with Crippen LogP contribution >= 0.6 is 11.3 Å². The molecule has 20 heavy (non-hydrogen) atoms. The third kappa shape index (κ3) is 3.27. The smallest absolute Gasteiger partial charge is 0.378 e. The van der Waals surface area contributed by atoms with Gasteiger partial charge < -0.3 is 5.32 Å². The standard InChI is InChI=1S/C13H10F3N3S/c1-8-7-20-12(19-8)6-18-10-2-3-11(13(14,15)16)9(4-10)5-17/h2-4,7,18H,6H2,1H3. The molecule has 7 heteroatoms. The number of thiazole rings is 1. The van der Waals surface area contributed by atoms with Crippen molar-refractivity contribution in [1.29, 1.82) is 5.26 Å². The van der Waals surface area contributed by atoms with Crippen LogP contribution in [0.4, 0.5) is 18.9 Å². The summed E-state index contributed by atoms with van der Waals surface area (Å²) in [5.41, 5.74) is 0.0489. The maximum Gasteiger partial charge on any atom is 0.417 e. The Hall–Kier alpha value is -2.07. The lowest BCUT2D eigenvalue weighted by Gasteiger charge is -2.11. The van der Waals surface area contributed by atoms with Gasteiger partial charge in [-0.2, -0.15) is 18.4 Å². The van der Waals surface area contributed by atoms with E-state index in [9.17, 15) is 13.2 Å². The SMILES string of the molecule is Cc1csc(CNc2ccc(C(F)(F)F)c(C#N)c2)n1. The van der Waals surface area contributed by atoms with Gasteiger partial charge in [0, 0.05) is 16.8 Å². The Morgan fingerprint density at radius 1 is 1.40 bits per heavy atom. The van der Waals surface area contributed by atoms with Crippen molar-refractivity contribution in [3.8, 4) is 6.07 Å². The maximum absolute atomic E-state index is 12.6. The lowest BCUT2D eigenvalue weighted by atomic mass is 10.1. The van der Waals surface area contributed by atoms with Gasteiger partial charge in [-0.1, -0.05) is 0 Å². The maximum atomic E-state index is 12.6. The molecule has 0 aliphatic rings. The van der Waals surface area contributed by atoms with Crippen molar-refractivity contribution >= 4 is 17.0 Å². The van der Waals surface area contributed by atoms with E-state index in [-0.39, 0.29) is 0 Å². The molecule has 104 valence electrons. The summed E-state index contributed by atoms with van der Waals surface area (Å²) in [4.78, 5) is 4.24. The molecule has 2 rings (SSSR count). The lowest BCUT2D eigenvalue weighted by Crippen LogP contribution is -2.08. The van der Waals surface area contributed by atoms with Crippen molar-refractivity contribution in [2.75, 3.05) is 5.32 Å². The zero-order chi connectivity index (χ0) is 14.8. The van der Waals surface area contributed by atoms with E-state index in [0.29, 0.717) is 12.2 Å². The highest BCUT2D eigenvalue weighted by Gasteiger charge is 2.33. The summed E-state index contributed by atoms with van der Waals surface area (Å²) in [6, 6.07) is 4.99. The van der Waals surface area contributed by atoms with Crippen molar-refractivity contribution in [1.82, 2.24) is 4.98 Å². The highest BCUT2D eigenvalue weighted by Crippen LogP contribution is 2.33. The predicted octanol–water partition coefficient (Wildman–Crippen LogP) is 3.95. The van der Waals surface area contributed by atoms with Gasteiger partial charge in [0.05, 0.1) is 23.7 Å². The van der Waals surface area contributed by atoms with Crippen LogP contribution in [0.25, 0.3) is 0 Å². The molecule has 0 spiro atoms. The highest BCUT2D eigenvalue weighted by atomic mass is 32.1. The summed E-state index contributed by atoms with van der Waals surface area (Å²) in [5.74, 6) is 0. The van der Waals surface area contributed by atoms with Crippen LogP contribution in [0.2, 0.25) is 0 Å². The van der Waals surface area contributed by atoms with E-state index in [1.54, 1.807) is 6.07 Å². The molecule has 0 fully saturated rings. The minimum Gasteiger partial charge on any atom is -0.378 e. The Balaban J connectivity index is 2.16. The van der Waals surface area contributed by atoms with Gasteiger partial charge >= 0.3 is 6.18 Å². The number of hydrogen-bond donors (Lipinski definition) is 1. The molecule has 0 unspecified atom stereocenters. The number of nitrogens with zero attached hydrogens (tertiary/aromatic N) is 2. The number of benzene rings is 1. The second-order valence-electron chi connectivity index (χ2n) is 4.11. The molecule has 0 aliphatic heterocycles. The second-order valence-corrected chi connectivity index (χ2v) is 5.05. The molecular formula is C13H10F3N3S. The molecule has 2 aromatic rings. The highest BCUT2D eigenvalue weighted by molar-refractivity contribution is 7.09. The number of nitriles is 1. The summed E-state index contributed by atoms with van der Waals surface area (Å²) in [6.45, 7) is 2.28. The first-order valence-electron chi connectivity index (χ1n) is 5.66. The van der Waals surface area contributed by atoms with E-state index in [1.807, 2.05) is 12.3 Å². The fourth-order valence-corrected chi connectivity index (χ4v) is 2.37. The Morgan fingerprint density at radius 3 is 2.70 bits per heavy atom. The van der Waals surface area contributed by atoms with Crippen LogP contribution in [0.3, 0.4) is 0 Å². The molecule has 0 saturated heterocycles. The molecule has 0 aliphatic carbocycles. The molecule has 1 heterocycles. The monoisotopic (exact) mass is 297 g/mol. The van der Waals surface area contributed by atoms with Crippen LogP contribution in [0.15, 0.2) is 23.6 Å². The number of anilines is 1. The molecule has 0 bridgehead atoms. The van der Waals surface area contributed by atoms with Gasteiger partial charge in [0.15, 0.2) is 0 Å². The van der Waals surface area contributed by atoms with Crippen molar-refractivity contribution in [2.24, 2.45) is 0 Å². The number of hydrogen-bond acceptors (Lipinski definition) is 4. The number of aromatic nitrogens is 1. The predicted molar refractivity (Wildman–Crippen MR) is 70.3 cm³/mol. The van der Waals surface area contributed by atoms with E-state index in [4.69, 9.17) is 5.26 Å². The fraction of sp³-hybridized carbons (Fsp3) is 0.231. The normalized spacial score (nSPS) is 11.2. The summed E-state index contributed by atoms with van der Waals surface area (Å²) >= 11 is 1.47. The van der Waals surface area contributed by atoms with Crippen LogP contribution in [0, 0.1) is 18.3 Å². The van der Waals surface area contributed by atoms with Crippen LogP contribution < -0.4 is 5.32 Å². The van der Waals surface area contributed by atoms with Crippen LogP contribution in [-0.2, 0) is 12.7 Å². The summed E-state index contributed by atoms with van der Waals surface area (Å²) in [7, 11) is 0. The topological polar surface area (TPSA) is 48.7 Å². The van der Waals surface area contributed by atoms with Crippen molar-refractivity contribution in [2.45, 2.75) is 19.6 Å². The first-order chi connectivity index (χ1) is 9.40. The zero-order valence-corrected chi connectivity index (χ0v) is 11.3. The quantitative estimate of drug-likeness (QED) is 0.933. The molecule has 0 amide bonds. The van der Waals surface area contributed by atoms with Crippen molar-refractivity contribution in [3.63, 3.8) is 0 Å². The number of rotatable bonds is 3. The van der Waals surface area contributed by atoms with Gasteiger partial charge in [0.1, 0.15) is 5.01 Å². The molecule has 0 radical (unpaired) electrons. The average molecular weight is 297 g/mol. The first-order valence-corrected chi connectivity index (χ1v) is 6.54.